The van der Waals surface area contributed by atoms with E-state index in [1.54, 1.807) is 6.07 Å². The van der Waals surface area contributed by atoms with Gasteiger partial charge in [-0.15, -0.1) is 0 Å². The predicted molar refractivity (Wildman–Crippen MR) is 123 cm³/mol. The van der Waals surface area contributed by atoms with E-state index in [1.165, 1.54) is 47.6 Å². The molecule has 0 spiro atoms. The van der Waals surface area contributed by atoms with Crippen LogP contribution in [0.4, 0.5) is 5.69 Å². The first-order valence-corrected chi connectivity index (χ1v) is 12.5. The summed E-state index contributed by atoms with van der Waals surface area (Å²) in [5.41, 5.74) is 0.763. The Labute approximate surface area is 198 Å². The number of carbonyl (C=O) groups is 3. The predicted octanol–water partition coefficient (Wildman–Crippen LogP) is 3.01. The Morgan fingerprint density at radius 3 is 2.53 bits per heavy atom. The number of nitrogens with zero attached hydrogens (tertiary/aromatic N) is 1. The smallest absolute Gasteiger partial charge is 0.338 e. The van der Waals surface area contributed by atoms with Crippen molar-refractivity contribution in [2.45, 2.75) is 50.2 Å². The van der Waals surface area contributed by atoms with E-state index in [2.05, 4.69) is 5.32 Å². The first kappa shape index (κ1) is 23.9. The third-order valence-electron chi connectivity index (χ3n) is 5.99. The van der Waals surface area contributed by atoms with E-state index >= 15 is 0 Å². The lowest BCUT2D eigenvalue weighted by atomic mass is 10.1. The summed E-state index contributed by atoms with van der Waals surface area (Å²) in [5.74, 6) is -1.06. The lowest BCUT2D eigenvalue weighted by molar-refractivity contribution is -0.118. The highest BCUT2D eigenvalue weighted by molar-refractivity contribution is 7.89. The fourth-order valence-corrected chi connectivity index (χ4v) is 5.78. The summed E-state index contributed by atoms with van der Waals surface area (Å²) in [5, 5.41) is 2.63. The van der Waals surface area contributed by atoms with Crippen molar-refractivity contribution < 1.29 is 32.3 Å². The van der Waals surface area contributed by atoms with Gasteiger partial charge in [-0.25, -0.2) is 13.2 Å². The number of benzene rings is 2. The molecule has 2 aliphatic rings. The summed E-state index contributed by atoms with van der Waals surface area (Å²) in [6.45, 7) is 3.73. The van der Waals surface area contributed by atoms with E-state index < -0.39 is 27.9 Å². The number of fused-ring (bicyclic) bond motifs is 1. The average molecular weight is 487 g/mol. The molecule has 2 atom stereocenters. The number of anilines is 1. The number of carbonyl (C=O) groups excluding carboxylic acids is 3. The van der Waals surface area contributed by atoms with Crippen molar-refractivity contribution in [1.82, 2.24) is 4.31 Å². The van der Waals surface area contributed by atoms with E-state index in [9.17, 15) is 22.8 Å². The second kappa shape index (κ2) is 9.55. The Morgan fingerprint density at radius 2 is 1.82 bits per heavy atom. The fraction of sp³-hybridized carbons (Fsp3) is 0.375. The van der Waals surface area contributed by atoms with Gasteiger partial charge in [0.2, 0.25) is 15.8 Å². The van der Waals surface area contributed by atoms with Crippen LogP contribution in [0.25, 0.3) is 0 Å². The van der Waals surface area contributed by atoms with E-state index in [4.69, 9.17) is 9.47 Å². The molecular formula is C24H26N2O7S. The molecule has 1 N–H and O–H groups in total. The van der Waals surface area contributed by atoms with Crippen LogP contribution in [-0.4, -0.2) is 55.7 Å². The highest BCUT2D eigenvalue weighted by Gasteiger charge is 2.31. The van der Waals surface area contributed by atoms with Crippen molar-refractivity contribution >= 4 is 33.4 Å². The molecule has 0 bridgehead atoms. The first-order valence-electron chi connectivity index (χ1n) is 11.1. The number of nitrogens with one attached hydrogen (secondary N) is 1. The second-order valence-electron chi connectivity index (χ2n) is 8.44. The quantitative estimate of drug-likeness (QED) is 0.492. The van der Waals surface area contributed by atoms with E-state index in [1.807, 2.05) is 6.92 Å². The SMILES string of the molecule is CC(OC(=O)c1ccc(S(=O)(=O)N2CCCCC2C)cc1)C(=O)c1ccc2c(c1)NC(=O)CO2. The lowest BCUT2D eigenvalue weighted by Gasteiger charge is -2.32. The van der Waals surface area contributed by atoms with Gasteiger partial charge in [-0.3, -0.25) is 9.59 Å². The summed E-state index contributed by atoms with van der Waals surface area (Å²) in [6, 6.07) is 10.0. The number of piperidine rings is 1. The number of ketones is 1. The molecule has 34 heavy (non-hydrogen) atoms. The van der Waals surface area contributed by atoms with Crippen molar-refractivity contribution in [2.75, 3.05) is 18.5 Å². The van der Waals surface area contributed by atoms with Crippen molar-refractivity contribution in [2.24, 2.45) is 0 Å². The third kappa shape index (κ3) is 4.83. The molecule has 0 saturated carbocycles. The van der Waals surface area contributed by atoms with Crippen LogP contribution in [0.2, 0.25) is 0 Å². The lowest BCUT2D eigenvalue weighted by Crippen LogP contribution is -2.41. The molecule has 4 rings (SSSR count). The Morgan fingerprint density at radius 1 is 1.12 bits per heavy atom. The van der Waals surface area contributed by atoms with E-state index in [0.717, 1.165) is 19.3 Å². The molecule has 2 heterocycles. The van der Waals surface area contributed by atoms with Crippen LogP contribution in [0.1, 0.15) is 53.8 Å². The molecule has 0 radical (unpaired) electrons. The molecule has 0 aromatic heterocycles. The largest absolute Gasteiger partial charge is 0.482 e. The van der Waals surface area contributed by atoms with Gasteiger partial charge in [0.25, 0.3) is 5.91 Å². The molecule has 2 aliphatic heterocycles. The summed E-state index contributed by atoms with van der Waals surface area (Å²) in [6.07, 6.45) is 1.55. The zero-order valence-electron chi connectivity index (χ0n) is 18.9. The standard InChI is InChI=1S/C24H26N2O7S/c1-15-5-3-4-12-26(15)34(30,31)19-9-6-17(7-10-19)24(29)33-16(2)23(28)18-8-11-21-20(13-18)25-22(27)14-32-21/h6-11,13,15-16H,3-5,12,14H2,1-2H3,(H,25,27). The zero-order valence-corrected chi connectivity index (χ0v) is 19.8. The van der Waals surface area contributed by atoms with Gasteiger partial charge in [0, 0.05) is 18.2 Å². The Balaban J connectivity index is 1.43. The topological polar surface area (TPSA) is 119 Å². The summed E-state index contributed by atoms with van der Waals surface area (Å²) in [7, 11) is -3.65. The van der Waals surface area contributed by atoms with Crippen LogP contribution >= 0.6 is 0 Å². The number of Topliss-reactive ketones (excluding diaryl/α,β-unsaturated/α-hetero) is 1. The number of hydrogen-bond donors (Lipinski definition) is 1. The van der Waals surface area contributed by atoms with Crippen LogP contribution in [0.5, 0.6) is 5.75 Å². The van der Waals surface area contributed by atoms with Crippen LogP contribution in [0.15, 0.2) is 47.4 Å². The molecule has 1 saturated heterocycles. The number of rotatable bonds is 6. The number of hydrogen-bond acceptors (Lipinski definition) is 7. The highest BCUT2D eigenvalue weighted by Crippen LogP contribution is 2.29. The molecule has 9 nitrogen and oxygen atoms in total. The highest BCUT2D eigenvalue weighted by atomic mass is 32.2. The van der Waals surface area contributed by atoms with Gasteiger partial charge in [-0.05, 0) is 69.2 Å². The number of esters is 1. The first-order chi connectivity index (χ1) is 16.2. The second-order valence-corrected chi connectivity index (χ2v) is 10.3. The molecule has 1 fully saturated rings. The molecule has 2 aromatic rings. The number of ether oxygens (including phenoxy) is 2. The van der Waals surface area contributed by atoms with Gasteiger partial charge in [-0.1, -0.05) is 6.42 Å². The molecule has 2 aromatic carbocycles. The third-order valence-corrected chi connectivity index (χ3v) is 8.02. The Bertz CT molecular complexity index is 1220. The van der Waals surface area contributed by atoms with Crippen molar-refractivity contribution in [3.63, 3.8) is 0 Å². The molecular weight excluding hydrogens is 460 g/mol. The Kier molecular flexibility index (Phi) is 6.72. The maximum absolute atomic E-state index is 13.0. The summed E-state index contributed by atoms with van der Waals surface area (Å²) < 4.78 is 38.0. The van der Waals surface area contributed by atoms with Crippen molar-refractivity contribution in [3.05, 3.63) is 53.6 Å². The Hall–Kier alpha value is -3.24. The van der Waals surface area contributed by atoms with Gasteiger partial charge < -0.3 is 14.8 Å². The van der Waals surface area contributed by atoms with Crippen molar-refractivity contribution in [3.8, 4) is 5.75 Å². The van der Waals surface area contributed by atoms with Gasteiger partial charge in [-0.2, -0.15) is 4.31 Å². The molecule has 180 valence electrons. The minimum absolute atomic E-state index is 0.0706. The van der Waals surface area contributed by atoms with E-state index in [0.29, 0.717) is 18.0 Å². The molecule has 0 aliphatic carbocycles. The van der Waals surface area contributed by atoms with Gasteiger partial charge in [0.15, 0.2) is 12.7 Å². The van der Waals surface area contributed by atoms with Crippen LogP contribution in [0, 0.1) is 0 Å². The van der Waals surface area contributed by atoms with Crippen molar-refractivity contribution in [1.29, 1.82) is 0 Å². The summed E-state index contributed by atoms with van der Waals surface area (Å²) in [4.78, 5) is 36.9. The van der Waals surface area contributed by atoms with Crippen LogP contribution in [-0.2, 0) is 19.6 Å². The minimum atomic E-state index is -3.65. The minimum Gasteiger partial charge on any atom is -0.482 e. The average Bonchev–Trinajstić information content (AvgIpc) is 2.83. The number of amides is 1. The van der Waals surface area contributed by atoms with Gasteiger partial charge in [0.1, 0.15) is 5.75 Å². The van der Waals surface area contributed by atoms with E-state index in [-0.39, 0.29) is 34.6 Å². The van der Waals surface area contributed by atoms with Crippen LogP contribution < -0.4 is 10.1 Å². The zero-order chi connectivity index (χ0) is 24.5. The maximum atomic E-state index is 13.0. The number of sulfonamides is 1. The van der Waals surface area contributed by atoms with Gasteiger partial charge >= 0.3 is 5.97 Å². The normalized spacial score (nSPS) is 19.4. The molecule has 1 amide bonds. The fourth-order valence-electron chi connectivity index (χ4n) is 4.08. The maximum Gasteiger partial charge on any atom is 0.338 e. The molecule has 2 unspecified atom stereocenters. The monoisotopic (exact) mass is 486 g/mol. The molecule has 10 heteroatoms. The van der Waals surface area contributed by atoms with Gasteiger partial charge in [0.05, 0.1) is 16.1 Å². The summed E-state index contributed by atoms with van der Waals surface area (Å²) >= 11 is 0. The van der Waals surface area contributed by atoms with Crippen LogP contribution in [0.3, 0.4) is 0 Å².